The summed E-state index contributed by atoms with van der Waals surface area (Å²) in [6.45, 7) is 5.18. The Morgan fingerprint density at radius 3 is 2.00 bits per heavy atom. The Hall–Kier alpha value is -1.85. The summed E-state index contributed by atoms with van der Waals surface area (Å²) in [7, 11) is 0. The number of likely N-dealkylation sites (tertiary alicyclic amines) is 1. The molecule has 0 bridgehead atoms. The SMILES string of the molecule is CCCCCCCCOC(=O)C=CC(=O)N1[C@H](C(=O)OCCCCCCCC)C[C@@H]2CCC[C@@H]21. The molecule has 1 heterocycles. The molecule has 3 atom stereocenters. The molecule has 0 aromatic rings. The molecule has 6 nitrogen and oxygen atoms in total. The molecule has 0 aromatic heterocycles. The second-order valence-electron chi connectivity index (χ2n) is 9.96. The molecule has 34 heavy (non-hydrogen) atoms. The van der Waals surface area contributed by atoms with Crippen LogP contribution in [0.25, 0.3) is 0 Å². The van der Waals surface area contributed by atoms with E-state index in [1.54, 1.807) is 4.90 Å². The van der Waals surface area contributed by atoms with Crippen LogP contribution in [0.4, 0.5) is 0 Å². The number of fused-ring (bicyclic) bond motifs is 1. The highest BCUT2D eigenvalue weighted by atomic mass is 16.5. The van der Waals surface area contributed by atoms with Crippen molar-refractivity contribution in [1.29, 1.82) is 0 Å². The zero-order valence-electron chi connectivity index (χ0n) is 21.6. The maximum atomic E-state index is 13.0. The highest BCUT2D eigenvalue weighted by molar-refractivity contribution is 5.97. The van der Waals surface area contributed by atoms with E-state index >= 15 is 0 Å². The van der Waals surface area contributed by atoms with E-state index in [1.165, 1.54) is 57.1 Å². The third kappa shape index (κ3) is 9.79. The molecule has 6 heteroatoms. The molecule has 0 aromatic carbocycles. The van der Waals surface area contributed by atoms with Crippen molar-refractivity contribution in [1.82, 2.24) is 4.90 Å². The molecular formula is C28H47NO5. The van der Waals surface area contributed by atoms with Crippen LogP contribution in [0.1, 0.15) is 117 Å². The average Bonchev–Trinajstić information content (AvgIpc) is 3.43. The first-order chi connectivity index (χ1) is 16.6. The van der Waals surface area contributed by atoms with Crippen molar-refractivity contribution in [3.05, 3.63) is 12.2 Å². The maximum absolute atomic E-state index is 13.0. The molecule has 2 fully saturated rings. The minimum absolute atomic E-state index is 0.0721. The molecule has 1 saturated carbocycles. The van der Waals surface area contributed by atoms with Gasteiger partial charge in [0, 0.05) is 18.2 Å². The minimum Gasteiger partial charge on any atom is -0.464 e. The number of unbranched alkanes of at least 4 members (excludes halogenated alkanes) is 10. The predicted octanol–water partition coefficient (Wildman–Crippen LogP) is 6.12. The van der Waals surface area contributed by atoms with E-state index in [1.807, 2.05) is 0 Å². The highest BCUT2D eigenvalue weighted by Crippen LogP contribution is 2.41. The zero-order chi connectivity index (χ0) is 24.6. The lowest BCUT2D eigenvalue weighted by Crippen LogP contribution is -2.45. The first-order valence-corrected chi connectivity index (χ1v) is 13.9. The summed E-state index contributed by atoms with van der Waals surface area (Å²) in [6.07, 6.45) is 19.7. The third-order valence-electron chi connectivity index (χ3n) is 7.21. The van der Waals surface area contributed by atoms with Gasteiger partial charge >= 0.3 is 11.9 Å². The van der Waals surface area contributed by atoms with Gasteiger partial charge in [-0.05, 0) is 38.0 Å². The number of esters is 2. The van der Waals surface area contributed by atoms with Crippen LogP contribution in [0.3, 0.4) is 0 Å². The van der Waals surface area contributed by atoms with Crippen molar-refractivity contribution in [3.63, 3.8) is 0 Å². The van der Waals surface area contributed by atoms with E-state index in [2.05, 4.69) is 13.8 Å². The lowest BCUT2D eigenvalue weighted by atomic mass is 10.0. The number of amides is 1. The topological polar surface area (TPSA) is 72.9 Å². The van der Waals surface area contributed by atoms with Gasteiger partial charge in [-0.3, -0.25) is 4.79 Å². The second kappa shape index (κ2) is 16.7. The number of carbonyl (C=O) groups excluding carboxylic acids is 3. The van der Waals surface area contributed by atoms with E-state index in [-0.39, 0.29) is 17.9 Å². The fraction of sp³-hybridized carbons (Fsp3) is 0.821. The summed E-state index contributed by atoms with van der Waals surface area (Å²) in [5.74, 6) is -0.724. The van der Waals surface area contributed by atoms with Crippen molar-refractivity contribution in [2.45, 2.75) is 129 Å². The van der Waals surface area contributed by atoms with E-state index in [9.17, 15) is 14.4 Å². The van der Waals surface area contributed by atoms with Crippen LogP contribution in [-0.2, 0) is 23.9 Å². The van der Waals surface area contributed by atoms with Crippen LogP contribution in [-0.4, -0.2) is 48.0 Å². The van der Waals surface area contributed by atoms with Crippen molar-refractivity contribution >= 4 is 17.8 Å². The van der Waals surface area contributed by atoms with Gasteiger partial charge in [-0.2, -0.15) is 0 Å². The number of hydrogen-bond acceptors (Lipinski definition) is 5. The van der Waals surface area contributed by atoms with E-state index in [0.29, 0.717) is 25.6 Å². The molecular weight excluding hydrogens is 430 g/mol. The van der Waals surface area contributed by atoms with Crippen LogP contribution in [0.15, 0.2) is 12.2 Å². The van der Waals surface area contributed by atoms with Crippen molar-refractivity contribution < 1.29 is 23.9 Å². The predicted molar refractivity (Wildman–Crippen MR) is 134 cm³/mol. The van der Waals surface area contributed by atoms with E-state index in [0.717, 1.165) is 51.4 Å². The largest absolute Gasteiger partial charge is 0.464 e. The Balaban J connectivity index is 1.76. The number of nitrogens with zero attached hydrogens (tertiary/aromatic N) is 1. The molecule has 1 amide bonds. The van der Waals surface area contributed by atoms with Gasteiger partial charge < -0.3 is 14.4 Å². The molecule has 1 saturated heterocycles. The van der Waals surface area contributed by atoms with Gasteiger partial charge in [0.2, 0.25) is 5.91 Å². The zero-order valence-corrected chi connectivity index (χ0v) is 21.6. The monoisotopic (exact) mass is 477 g/mol. The summed E-state index contributed by atoms with van der Waals surface area (Å²) in [4.78, 5) is 39.5. The Kier molecular flexibility index (Phi) is 14.0. The number of rotatable bonds is 17. The van der Waals surface area contributed by atoms with Crippen LogP contribution < -0.4 is 0 Å². The van der Waals surface area contributed by atoms with Crippen LogP contribution in [0.2, 0.25) is 0 Å². The molecule has 1 aliphatic heterocycles. The molecule has 0 spiro atoms. The number of ether oxygens (including phenoxy) is 2. The van der Waals surface area contributed by atoms with E-state index in [4.69, 9.17) is 9.47 Å². The Labute approximate surface area is 206 Å². The van der Waals surface area contributed by atoms with E-state index < -0.39 is 12.0 Å². The van der Waals surface area contributed by atoms with Gasteiger partial charge in [0.1, 0.15) is 6.04 Å². The fourth-order valence-electron chi connectivity index (χ4n) is 5.30. The lowest BCUT2D eigenvalue weighted by molar-refractivity contribution is -0.153. The lowest BCUT2D eigenvalue weighted by Gasteiger charge is -2.27. The summed E-state index contributed by atoms with van der Waals surface area (Å²) < 4.78 is 10.8. The Morgan fingerprint density at radius 1 is 0.765 bits per heavy atom. The van der Waals surface area contributed by atoms with Gasteiger partial charge in [0.25, 0.3) is 0 Å². The smallest absolute Gasteiger partial charge is 0.330 e. The van der Waals surface area contributed by atoms with Gasteiger partial charge in [-0.1, -0.05) is 84.5 Å². The molecule has 194 valence electrons. The second-order valence-corrected chi connectivity index (χ2v) is 9.96. The number of hydrogen-bond donors (Lipinski definition) is 0. The third-order valence-corrected chi connectivity index (χ3v) is 7.21. The molecule has 0 unspecified atom stereocenters. The summed E-state index contributed by atoms with van der Waals surface area (Å²) >= 11 is 0. The normalized spacial score (nSPS) is 21.7. The molecule has 2 rings (SSSR count). The first-order valence-electron chi connectivity index (χ1n) is 13.9. The molecule has 0 N–H and O–H groups in total. The van der Waals surface area contributed by atoms with Gasteiger partial charge in [-0.25, -0.2) is 9.59 Å². The minimum atomic E-state index is -0.535. The summed E-state index contributed by atoms with van der Waals surface area (Å²) in [5, 5.41) is 0. The Morgan fingerprint density at radius 2 is 1.35 bits per heavy atom. The number of carbonyl (C=O) groups is 3. The summed E-state index contributed by atoms with van der Waals surface area (Å²) in [5.41, 5.74) is 0. The van der Waals surface area contributed by atoms with Gasteiger partial charge in [0.15, 0.2) is 0 Å². The summed E-state index contributed by atoms with van der Waals surface area (Å²) in [6, 6.07) is -0.463. The Bertz CT molecular complexity index is 647. The van der Waals surface area contributed by atoms with Gasteiger partial charge in [-0.15, -0.1) is 0 Å². The molecule has 2 aliphatic rings. The first kappa shape index (κ1) is 28.4. The molecule has 0 radical (unpaired) electrons. The fourth-order valence-corrected chi connectivity index (χ4v) is 5.30. The van der Waals surface area contributed by atoms with Crippen molar-refractivity contribution in [2.75, 3.05) is 13.2 Å². The van der Waals surface area contributed by atoms with Crippen LogP contribution in [0, 0.1) is 5.92 Å². The maximum Gasteiger partial charge on any atom is 0.330 e. The van der Waals surface area contributed by atoms with Crippen molar-refractivity contribution in [3.8, 4) is 0 Å². The standard InChI is InChI=1S/C28H47NO5/c1-3-5-7-9-11-13-20-33-27(31)19-18-26(30)29-24-17-15-16-23(24)22-25(29)28(32)34-21-14-12-10-8-6-4-2/h18-19,23-25H,3-17,20-22H2,1-2H3/t23-,24-,25-/m0/s1. The average molecular weight is 478 g/mol. The quantitative estimate of drug-likeness (QED) is 0.143. The van der Waals surface area contributed by atoms with Crippen LogP contribution in [0.5, 0.6) is 0 Å². The highest BCUT2D eigenvalue weighted by Gasteiger charge is 2.48. The van der Waals surface area contributed by atoms with Crippen molar-refractivity contribution in [2.24, 2.45) is 5.92 Å². The molecule has 1 aliphatic carbocycles. The van der Waals surface area contributed by atoms with Crippen LogP contribution >= 0.6 is 0 Å². The van der Waals surface area contributed by atoms with Gasteiger partial charge in [0.05, 0.1) is 13.2 Å².